The third kappa shape index (κ3) is 4.94. The maximum absolute atomic E-state index is 11.0. The van der Waals surface area contributed by atoms with E-state index in [1.165, 1.54) is 29.6 Å². The summed E-state index contributed by atoms with van der Waals surface area (Å²) in [7, 11) is 0. The summed E-state index contributed by atoms with van der Waals surface area (Å²) in [5, 5.41) is 18.2. The maximum Gasteiger partial charge on any atom is 0.223 e. The fraction of sp³-hybridized carbons (Fsp3) is 0.250. The molecule has 0 aliphatic heterocycles. The first-order valence-electron chi connectivity index (χ1n) is 7.63. The zero-order valence-corrected chi connectivity index (χ0v) is 17.5. The molecule has 136 valence electrons. The third-order valence-corrected chi connectivity index (χ3v) is 6.36. The molecule has 3 rings (SSSR count). The fourth-order valence-electron chi connectivity index (χ4n) is 2.22. The number of aryl methyl sites for hydroxylation is 2. The van der Waals surface area contributed by atoms with Gasteiger partial charge >= 0.3 is 0 Å². The molecule has 26 heavy (non-hydrogen) atoms. The monoisotopic (exact) mass is 425 g/mol. The van der Waals surface area contributed by atoms with Crippen molar-refractivity contribution in [2.75, 3.05) is 10.6 Å². The van der Waals surface area contributed by atoms with Crippen molar-refractivity contribution in [2.24, 2.45) is 0 Å². The number of carbonyl (C=O) groups is 1. The lowest BCUT2D eigenvalue weighted by Crippen LogP contribution is -2.05. The van der Waals surface area contributed by atoms with Gasteiger partial charge in [0.2, 0.25) is 11.0 Å². The molecule has 0 saturated heterocycles. The Morgan fingerprint density at radius 1 is 1.27 bits per heavy atom. The van der Waals surface area contributed by atoms with Crippen LogP contribution in [0.15, 0.2) is 21.9 Å². The van der Waals surface area contributed by atoms with Gasteiger partial charge in [0.05, 0.1) is 16.4 Å². The minimum atomic E-state index is -0.122. The first-order chi connectivity index (χ1) is 12.4. The van der Waals surface area contributed by atoms with Crippen LogP contribution >= 0.6 is 46.0 Å². The molecule has 0 aliphatic carbocycles. The minimum Gasteiger partial charge on any atom is -0.329 e. The van der Waals surface area contributed by atoms with E-state index in [0.717, 1.165) is 26.8 Å². The number of hydrogen-bond donors (Lipinski definition) is 2. The Bertz CT molecular complexity index is 917. The summed E-state index contributed by atoms with van der Waals surface area (Å²) in [6.07, 6.45) is 0. The molecule has 0 aliphatic rings. The summed E-state index contributed by atoms with van der Waals surface area (Å²) < 4.78 is 0.836. The SMILES string of the molecule is CC(=O)Nc1nc(CSc2nnc(Nc3c(C)cc(C)cc3Cl)s2)cs1. The van der Waals surface area contributed by atoms with Gasteiger partial charge in [-0.25, -0.2) is 4.98 Å². The molecular weight excluding hydrogens is 410 g/mol. The molecule has 6 nitrogen and oxygen atoms in total. The Kier molecular flexibility index (Phi) is 6.13. The second kappa shape index (κ2) is 8.34. The molecule has 10 heteroatoms. The highest BCUT2D eigenvalue weighted by atomic mass is 35.5. The standard InChI is InChI=1S/C16H16ClN5OS3/c1-8-4-9(2)13(12(17)5-8)20-15-21-22-16(26-15)25-7-11-6-24-14(19-11)18-10(3)23/h4-6H,7H2,1-3H3,(H,20,21)(H,18,19,23). The second-order valence-corrected chi connectivity index (χ2v) is 9.02. The first kappa shape index (κ1) is 19.1. The van der Waals surface area contributed by atoms with E-state index in [1.54, 1.807) is 11.8 Å². The molecule has 2 aromatic heterocycles. The normalized spacial score (nSPS) is 10.8. The molecule has 0 atom stereocenters. The van der Waals surface area contributed by atoms with Gasteiger partial charge in [0.1, 0.15) is 0 Å². The first-order valence-corrected chi connectivity index (χ1v) is 10.7. The van der Waals surface area contributed by atoms with Gasteiger partial charge in [-0.05, 0) is 31.0 Å². The van der Waals surface area contributed by atoms with Crippen LogP contribution in [0.5, 0.6) is 0 Å². The van der Waals surface area contributed by atoms with Crippen molar-refractivity contribution >= 4 is 67.9 Å². The van der Waals surface area contributed by atoms with Gasteiger partial charge in [0.15, 0.2) is 9.47 Å². The quantitative estimate of drug-likeness (QED) is 0.524. The summed E-state index contributed by atoms with van der Waals surface area (Å²) in [4.78, 5) is 15.4. The predicted molar refractivity (Wildman–Crippen MR) is 110 cm³/mol. The lowest BCUT2D eigenvalue weighted by atomic mass is 10.1. The van der Waals surface area contributed by atoms with Crippen molar-refractivity contribution in [3.8, 4) is 0 Å². The number of rotatable bonds is 6. The van der Waals surface area contributed by atoms with Crippen molar-refractivity contribution in [3.63, 3.8) is 0 Å². The average molecular weight is 426 g/mol. The van der Waals surface area contributed by atoms with Crippen LogP contribution in [0.3, 0.4) is 0 Å². The molecule has 0 unspecified atom stereocenters. The number of hydrogen-bond acceptors (Lipinski definition) is 8. The van der Waals surface area contributed by atoms with Gasteiger partial charge < -0.3 is 10.6 Å². The number of nitrogens with one attached hydrogen (secondary N) is 2. The van der Waals surface area contributed by atoms with Gasteiger partial charge in [-0.2, -0.15) is 0 Å². The summed E-state index contributed by atoms with van der Waals surface area (Å²) in [5.41, 5.74) is 3.93. The minimum absolute atomic E-state index is 0.122. The second-order valence-electron chi connectivity index (χ2n) is 5.55. The van der Waals surface area contributed by atoms with Crippen molar-refractivity contribution in [1.29, 1.82) is 0 Å². The molecule has 0 spiro atoms. The lowest BCUT2D eigenvalue weighted by molar-refractivity contribution is -0.114. The van der Waals surface area contributed by atoms with Crippen molar-refractivity contribution < 1.29 is 4.79 Å². The van der Waals surface area contributed by atoms with Crippen molar-refractivity contribution in [2.45, 2.75) is 30.9 Å². The molecule has 0 saturated carbocycles. The third-order valence-electron chi connectivity index (χ3n) is 3.25. The van der Waals surface area contributed by atoms with E-state index in [2.05, 4.69) is 31.9 Å². The number of thioether (sulfide) groups is 1. The Morgan fingerprint density at radius 3 is 2.81 bits per heavy atom. The van der Waals surface area contributed by atoms with Crippen LogP contribution in [0.2, 0.25) is 5.02 Å². The smallest absolute Gasteiger partial charge is 0.223 e. The number of carbonyl (C=O) groups excluding carboxylic acids is 1. The van der Waals surface area contributed by atoms with Gasteiger partial charge in [-0.15, -0.1) is 21.5 Å². The van der Waals surface area contributed by atoms with Crippen LogP contribution in [-0.4, -0.2) is 21.1 Å². The summed E-state index contributed by atoms with van der Waals surface area (Å²) >= 11 is 10.7. The van der Waals surface area contributed by atoms with Crippen molar-refractivity contribution in [1.82, 2.24) is 15.2 Å². The molecular formula is C16H16ClN5OS3. The Balaban J connectivity index is 1.62. The van der Waals surface area contributed by atoms with Crippen LogP contribution in [0, 0.1) is 13.8 Å². The largest absolute Gasteiger partial charge is 0.329 e. The number of aromatic nitrogens is 3. The molecule has 0 radical (unpaired) electrons. The average Bonchev–Trinajstić information content (AvgIpc) is 3.17. The van der Waals surface area contributed by atoms with E-state index in [9.17, 15) is 4.79 Å². The summed E-state index contributed by atoms with van der Waals surface area (Å²) in [6, 6.07) is 3.99. The van der Waals surface area contributed by atoms with Crippen LogP contribution in [0.25, 0.3) is 0 Å². The maximum atomic E-state index is 11.0. The Morgan fingerprint density at radius 2 is 2.08 bits per heavy atom. The molecule has 2 N–H and O–H groups in total. The lowest BCUT2D eigenvalue weighted by Gasteiger charge is -2.09. The molecule has 0 fully saturated rings. The van der Waals surface area contributed by atoms with E-state index in [4.69, 9.17) is 11.6 Å². The number of nitrogens with zero attached hydrogens (tertiary/aromatic N) is 3. The number of benzene rings is 1. The van der Waals surface area contributed by atoms with Gasteiger partial charge in [0, 0.05) is 18.1 Å². The summed E-state index contributed by atoms with van der Waals surface area (Å²) in [5.74, 6) is 0.540. The zero-order valence-electron chi connectivity index (χ0n) is 14.3. The fourth-order valence-corrected chi connectivity index (χ4v) is 5.10. The topological polar surface area (TPSA) is 79.8 Å². The molecule has 3 aromatic rings. The predicted octanol–water partition coefficient (Wildman–Crippen LogP) is 5.26. The Labute approximate surface area is 168 Å². The molecule has 1 aromatic carbocycles. The molecule has 0 bridgehead atoms. The van der Waals surface area contributed by atoms with Gasteiger partial charge in [0.25, 0.3) is 0 Å². The van der Waals surface area contributed by atoms with E-state index < -0.39 is 0 Å². The van der Waals surface area contributed by atoms with E-state index in [0.29, 0.717) is 21.0 Å². The van der Waals surface area contributed by atoms with Crippen LogP contribution in [-0.2, 0) is 10.5 Å². The van der Waals surface area contributed by atoms with Crippen LogP contribution < -0.4 is 10.6 Å². The van der Waals surface area contributed by atoms with Crippen LogP contribution in [0.4, 0.5) is 16.0 Å². The number of amides is 1. The number of anilines is 3. The highest BCUT2D eigenvalue weighted by Crippen LogP contribution is 2.34. The van der Waals surface area contributed by atoms with E-state index in [1.807, 2.05) is 25.3 Å². The highest BCUT2D eigenvalue weighted by Gasteiger charge is 2.11. The molecule has 2 heterocycles. The highest BCUT2D eigenvalue weighted by molar-refractivity contribution is 8.00. The van der Waals surface area contributed by atoms with Gasteiger partial charge in [-0.1, -0.05) is 40.8 Å². The zero-order chi connectivity index (χ0) is 18.7. The van der Waals surface area contributed by atoms with Crippen LogP contribution in [0.1, 0.15) is 23.7 Å². The van der Waals surface area contributed by atoms with Gasteiger partial charge in [-0.3, -0.25) is 4.79 Å². The number of halogens is 1. The molecule has 1 amide bonds. The van der Waals surface area contributed by atoms with Crippen molar-refractivity contribution in [3.05, 3.63) is 39.4 Å². The van der Waals surface area contributed by atoms with E-state index >= 15 is 0 Å². The summed E-state index contributed by atoms with van der Waals surface area (Å²) in [6.45, 7) is 5.48. The van der Waals surface area contributed by atoms with E-state index in [-0.39, 0.29) is 5.91 Å². The number of thiazole rings is 1. The Hall–Kier alpha value is -1.68.